The van der Waals surface area contributed by atoms with Crippen molar-refractivity contribution in [1.82, 2.24) is 5.32 Å². The Morgan fingerprint density at radius 3 is 2.62 bits per heavy atom. The van der Waals surface area contributed by atoms with Crippen molar-refractivity contribution in [3.63, 3.8) is 0 Å². The molecule has 0 radical (unpaired) electrons. The van der Waals surface area contributed by atoms with Gasteiger partial charge >= 0.3 is 6.09 Å². The molecule has 0 saturated carbocycles. The molecule has 2 heterocycles. The Balaban J connectivity index is 1.42. The lowest BCUT2D eigenvalue weighted by Crippen LogP contribution is -2.61. The zero-order chi connectivity index (χ0) is 26.0. The number of methoxy groups -OCH3 is 1. The third kappa shape index (κ3) is 5.01. The number of amides is 2. The summed E-state index contributed by atoms with van der Waals surface area (Å²) in [6.45, 7) is 0.0304. The summed E-state index contributed by atoms with van der Waals surface area (Å²) >= 11 is 2.09. The van der Waals surface area contributed by atoms with E-state index in [1.807, 2.05) is 36.4 Å². The van der Waals surface area contributed by atoms with Crippen LogP contribution in [0.4, 0.5) is 10.5 Å². The Morgan fingerprint density at radius 1 is 1.14 bits per heavy atom. The minimum atomic E-state index is -2.08. The number of halogens is 1. The lowest BCUT2D eigenvalue weighted by atomic mass is 9.84. The molecule has 3 aromatic carbocycles. The Morgan fingerprint density at radius 2 is 1.89 bits per heavy atom. The molecule has 0 bridgehead atoms. The van der Waals surface area contributed by atoms with Gasteiger partial charge in [0.25, 0.3) is 5.91 Å². The highest BCUT2D eigenvalue weighted by atomic mass is 127. The van der Waals surface area contributed by atoms with E-state index in [0.717, 1.165) is 9.13 Å². The van der Waals surface area contributed by atoms with Crippen LogP contribution < -0.4 is 15.4 Å². The number of nitrogens with one attached hydrogen (secondary N) is 2. The number of benzene rings is 3. The monoisotopic (exact) mass is 616 g/mol. The van der Waals surface area contributed by atoms with Crippen molar-refractivity contribution in [3.05, 3.63) is 93.1 Å². The minimum Gasteiger partial charge on any atom is -0.497 e. The number of para-hydroxylation sites is 1. The second kappa shape index (κ2) is 10.7. The average Bonchev–Trinajstić information content (AvgIpc) is 3.20. The summed E-state index contributed by atoms with van der Waals surface area (Å²) in [4.78, 5) is 25.9. The van der Waals surface area contributed by atoms with E-state index in [1.54, 1.807) is 43.5 Å². The van der Waals surface area contributed by atoms with Crippen LogP contribution in [0.15, 0.2) is 72.8 Å². The first kappa shape index (κ1) is 25.5. The van der Waals surface area contributed by atoms with Crippen LogP contribution in [0.25, 0.3) is 0 Å². The Labute approximate surface area is 227 Å². The number of aliphatic hydroxyl groups is 1. The molecule has 3 N–H and O–H groups in total. The molecule has 1 saturated heterocycles. The molecular formula is C27H25IN2O7. The van der Waals surface area contributed by atoms with Gasteiger partial charge < -0.3 is 34.7 Å². The van der Waals surface area contributed by atoms with E-state index in [4.69, 9.17) is 18.9 Å². The van der Waals surface area contributed by atoms with Gasteiger partial charge in [-0.05, 0) is 46.4 Å². The van der Waals surface area contributed by atoms with Crippen molar-refractivity contribution >= 4 is 40.3 Å². The van der Waals surface area contributed by atoms with Crippen molar-refractivity contribution in [3.8, 4) is 5.75 Å². The van der Waals surface area contributed by atoms with Crippen molar-refractivity contribution in [2.75, 3.05) is 19.0 Å². The van der Waals surface area contributed by atoms with Crippen LogP contribution in [-0.2, 0) is 31.2 Å². The molecule has 10 heteroatoms. The molecule has 4 atom stereocenters. The highest BCUT2D eigenvalue weighted by molar-refractivity contribution is 14.1. The second-order valence-electron chi connectivity index (χ2n) is 8.69. The van der Waals surface area contributed by atoms with Gasteiger partial charge in [0, 0.05) is 14.7 Å². The van der Waals surface area contributed by atoms with Gasteiger partial charge in [-0.2, -0.15) is 0 Å². The summed E-state index contributed by atoms with van der Waals surface area (Å²) in [5.41, 5.74) is 0.289. The molecule has 3 aromatic rings. The van der Waals surface area contributed by atoms with E-state index in [1.165, 1.54) is 0 Å². The van der Waals surface area contributed by atoms with Gasteiger partial charge in [0.1, 0.15) is 18.5 Å². The summed E-state index contributed by atoms with van der Waals surface area (Å²) in [5, 5.41) is 17.4. The normalized spacial score (nSPS) is 24.6. The zero-order valence-corrected chi connectivity index (χ0v) is 22.0. The van der Waals surface area contributed by atoms with E-state index in [9.17, 15) is 14.7 Å². The number of hydrogen-bond acceptors (Lipinski definition) is 7. The lowest BCUT2D eigenvalue weighted by molar-refractivity contribution is -0.266. The number of carbonyl (C=O) groups excluding carboxylic acids is 2. The number of alkyl carbamates (subject to hydrolysis) is 1. The zero-order valence-electron chi connectivity index (χ0n) is 19.8. The predicted octanol–water partition coefficient (Wildman–Crippen LogP) is 3.85. The van der Waals surface area contributed by atoms with Gasteiger partial charge in [-0.3, -0.25) is 4.79 Å². The molecule has 0 unspecified atom stereocenters. The first-order chi connectivity index (χ1) is 17.9. The first-order valence-corrected chi connectivity index (χ1v) is 12.7. The van der Waals surface area contributed by atoms with E-state index >= 15 is 0 Å². The SMILES string of the molecule is COc1ccc([C@@H]2OC[C@@H](NC(=O)OCc3ccccc3)[C@H]([C@]3(O)C(=O)Nc4c(I)cccc43)O2)cc1. The number of rotatable bonds is 6. The van der Waals surface area contributed by atoms with E-state index in [-0.39, 0.29) is 13.2 Å². The maximum atomic E-state index is 13.2. The second-order valence-corrected chi connectivity index (χ2v) is 9.85. The van der Waals surface area contributed by atoms with Crippen LogP contribution in [-0.4, -0.2) is 43.0 Å². The molecule has 1 fully saturated rings. The van der Waals surface area contributed by atoms with E-state index in [0.29, 0.717) is 22.6 Å². The molecule has 2 amide bonds. The van der Waals surface area contributed by atoms with Crippen molar-refractivity contribution in [2.24, 2.45) is 0 Å². The maximum absolute atomic E-state index is 13.2. The lowest BCUT2D eigenvalue weighted by Gasteiger charge is -2.42. The third-order valence-corrected chi connectivity index (χ3v) is 7.29. The van der Waals surface area contributed by atoms with Gasteiger partial charge in [0.2, 0.25) is 0 Å². The number of carbonyl (C=O) groups is 2. The largest absolute Gasteiger partial charge is 0.497 e. The fourth-order valence-corrected chi connectivity index (χ4v) is 5.12. The molecule has 0 aromatic heterocycles. The van der Waals surface area contributed by atoms with Crippen LogP contribution >= 0.6 is 22.6 Å². The summed E-state index contributed by atoms with van der Waals surface area (Å²) in [7, 11) is 1.57. The Hall–Kier alpha value is -3.19. The maximum Gasteiger partial charge on any atom is 0.407 e. The quantitative estimate of drug-likeness (QED) is 0.361. The molecule has 37 heavy (non-hydrogen) atoms. The third-order valence-electron chi connectivity index (χ3n) is 6.39. The molecule has 0 aliphatic carbocycles. The van der Waals surface area contributed by atoms with E-state index in [2.05, 4.69) is 33.2 Å². The Bertz CT molecular complexity index is 1290. The number of fused-ring (bicyclic) bond motifs is 1. The first-order valence-electron chi connectivity index (χ1n) is 11.6. The molecule has 0 spiro atoms. The molecule has 9 nitrogen and oxygen atoms in total. The topological polar surface area (TPSA) is 115 Å². The van der Waals surface area contributed by atoms with Crippen LogP contribution in [0.2, 0.25) is 0 Å². The Kier molecular flexibility index (Phi) is 7.33. The number of ether oxygens (including phenoxy) is 4. The highest BCUT2D eigenvalue weighted by Crippen LogP contribution is 2.45. The van der Waals surface area contributed by atoms with Crippen LogP contribution in [0.5, 0.6) is 5.75 Å². The summed E-state index contributed by atoms with van der Waals surface area (Å²) in [5.74, 6) is 0.0190. The number of anilines is 1. The summed E-state index contributed by atoms with van der Waals surface area (Å²) in [6, 6.07) is 20.7. The van der Waals surface area contributed by atoms with Gasteiger partial charge in [0.15, 0.2) is 11.9 Å². The fraction of sp³-hybridized carbons (Fsp3) is 0.259. The van der Waals surface area contributed by atoms with E-state index < -0.39 is 36.0 Å². The predicted molar refractivity (Wildman–Crippen MR) is 142 cm³/mol. The minimum absolute atomic E-state index is 0.0311. The molecule has 2 aliphatic heterocycles. The van der Waals surface area contributed by atoms with Gasteiger partial charge in [-0.1, -0.05) is 54.6 Å². The number of hydrogen-bond donors (Lipinski definition) is 3. The van der Waals surface area contributed by atoms with Gasteiger partial charge in [0.05, 0.1) is 25.4 Å². The summed E-state index contributed by atoms with van der Waals surface area (Å²) < 4.78 is 23.5. The fourth-order valence-electron chi connectivity index (χ4n) is 4.49. The summed E-state index contributed by atoms with van der Waals surface area (Å²) in [6.07, 6.45) is -2.80. The van der Waals surface area contributed by atoms with Crippen LogP contribution in [0.3, 0.4) is 0 Å². The van der Waals surface area contributed by atoms with Gasteiger partial charge in [-0.25, -0.2) is 4.79 Å². The van der Waals surface area contributed by atoms with Gasteiger partial charge in [-0.15, -0.1) is 0 Å². The molecule has 2 aliphatic rings. The average molecular weight is 616 g/mol. The molecule has 5 rings (SSSR count). The molecular weight excluding hydrogens is 591 g/mol. The van der Waals surface area contributed by atoms with Crippen molar-refractivity contribution in [1.29, 1.82) is 0 Å². The molecule has 192 valence electrons. The standard InChI is InChI=1S/C27H25IN2O7/c1-34-18-12-10-17(11-13-18)24-35-15-21(29-26(32)36-14-16-6-3-2-4-7-16)23(37-24)27(33)19-8-5-9-20(28)22(19)30-25(27)31/h2-13,21,23-24,33H,14-15H2,1H3,(H,29,32)(H,30,31)/t21-,23-,24-,27+/m1/s1. The van der Waals surface area contributed by atoms with Crippen LogP contribution in [0, 0.1) is 3.57 Å². The van der Waals surface area contributed by atoms with Crippen molar-refractivity contribution in [2.45, 2.75) is 30.6 Å². The highest BCUT2D eigenvalue weighted by Gasteiger charge is 2.57. The van der Waals surface area contributed by atoms with Crippen molar-refractivity contribution < 1.29 is 33.6 Å². The van der Waals surface area contributed by atoms with Crippen LogP contribution in [0.1, 0.15) is 23.0 Å². The smallest absolute Gasteiger partial charge is 0.407 e.